The van der Waals surface area contributed by atoms with E-state index in [0.29, 0.717) is 12.2 Å². The molecule has 28 heavy (non-hydrogen) atoms. The summed E-state index contributed by atoms with van der Waals surface area (Å²) in [7, 11) is 0. The minimum atomic E-state index is -0.814. The van der Waals surface area contributed by atoms with Crippen LogP contribution >= 0.6 is 0 Å². The molecule has 1 nitrogen and oxygen atoms in total. The summed E-state index contributed by atoms with van der Waals surface area (Å²) in [6.45, 7) is 4.44. The molecule has 3 heteroatoms. The topological polar surface area (TPSA) is 9.23 Å². The van der Waals surface area contributed by atoms with Gasteiger partial charge in [0.2, 0.25) is 5.82 Å². The zero-order valence-electron chi connectivity index (χ0n) is 17.8. The first-order chi connectivity index (χ1) is 13.6. The Morgan fingerprint density at radius 2 is 1.54 bits per heavy atom. The Balaban J connectivity index is 1.61. The lowest BCUT2D eigenvalue weighted by Gasteiger charge is -2.25. The predicted molar refractivity (Wildman–Crippen MR) is 112 cm³/mol. The molecule has 0 radical (unpaired) electrons. The molecule has 0 N–H and O–H groups in total. The third-order valence-electron chi connectivity index (χ3n) is 7.33. The Morgan fingerprint density at radius 1 is 0.821 bits per heavy atom. The van der Waals surface area contributed by atoms with Crippen LogP contribution in [0.1, 0.15) is 102 Å². The predicted octanol–water partition coefficient (Wildman–Crippen LogP) is 8.02. The third kappa shape index (κ3) is 5.27. The summed E-state index contributed by atoms with van der Waals surface area (Å²) in [5.41, 5.74) is 0.561. The van der Waals surface area contributed by atoms with E-state index in [2.05, 4.69) is 6.92 Å². The lowest BCUT2D eigenvalue weighted by Crippen LogP contribution is -2.14. The van der Waals surface area contributed by atoms with Gasteiger partial charge in [-0.3, -0.25) is 0 Å². The maximum absolute atomic E-state index is 14.7. The van der Waals surface area contributed by atoms with Crippen molar-refractivity contribution >= 4 is 0 Å². The summed E-state index contributed by atoms with van der Waals surface area (Å²) in [6, 6.07) is 3.37. The van der Waals surface area contributed by atoms with E-state index in [9.17, 15) is 8.78 Å². The van der Waals surface area contributed by atoms with E-state index in [1.165, 1.54) is 57.8 Å². The molecule has 1 aromatic carbocycles. The summed E-state index contributed by atoms with van der Waals surface area (Å²) >= 11 is 0. The van der Waals surface area contributed by atoms with Crippen LogP contribution in [0.15, 0.2) is 12.1 Å². The third-order valence-corrected chi connectivity index (χ3v) is 7.33. The molecule has 2 saturated carbocycles. The van der Waals surface area contributed by atoms with Gasteiger partial charge in [-0.05, 0) is 67.9 Å². The molecule has 2 fully saturated rings. The molecule has 0 saturated heterocycles. The fourth-order valence-electron chi connectivity index (χ4n) is 5.82. The van der Waals surface area contributed by atoms with Crippen molar-refractivity contribution in [2.45, 2.75) is 96.8 Å². The molecule has 0 aromatic heterocycles. The smallest absolute Gasteiger partial charge is 0.200 e. The highest BCUT2D eigenvalue weighted by Gasteiger charge is 2.30. The molecule has 2 aliphatic carbocycles. The lowest BCUT2D eigenvalue weighted by molar-refractivity contribution is 0.264. The van der Waals surface area contributed by atoms with Crippen molar-refractivity contribution in [1.29, 1.82) is 0 Å². The van der Waals surface area contributed by atoms with Crippen LogP contribution in [0, 0.1) is 29.4 Å². The molecule has 4 atom stereocenters. The van der Waals surface area contributed by atoms with Crippen LogP contribution in [-0.2, 0) is 0 Å². The van der Waals surface area contributed by atoms with Crippen LogP contribution in [0.25, 0.3) is 0 Å². The molecule has 2 aliphatic rings. The average Bonchev–Trinajstić information content (AvgIpc) is 3.07. The van der Waals surface area contributed by atoms with Gasteiger partial charge in [-0.15, -0.1) is 0 Å². The largest absolute Gasteiger partial charge is 0.491 e. The number of rotatable bonds is 6. The van der Waals surface area contributed by atoms with E-state index in [1.807, 2.05) is 0 Å². The second kappa shape index (κ2) is 10.6. The first-order valence-electron chi connectivity index (χ1n) is 11.7. The molecule has 0 amide bonds. The molecule has 3 rings (SSSR count). The average molecular weight is 393 g/mol. The van der Waals surface area contributed by atoms with Crippen LogP contribution in [-0.4, -0.2) is 6.61 Å². The lowest BCUT2D eigenvalue weighted by atomic mass is 9.80. The minimum Gasteiger partial charge on any atom is -0.491 e. The Bertz CT molecular complexity index is 615. The Labute approximate surface area is 170 Å². The van der Waals surface area contributed by atoms with Gasteiger partial charge >= 0.3 is 0 Å². The van der Waals surface area contributed by atoms with Crippen LogP contribution in [0.2, 0.25) is 0 Å². The summed E-state index contributed by atoms with van der Waals surface area (Å²) in [5, 5.41) is 0. The van der Waals surface area contributed by atoms with Gasteiger partial charge in [0.1, 0.15) is 0 Å². The van der Waals surface area contributed by atoms with Gasteiger partial charge in [-0.1, -0.05) is 64.4 Å². The minimum absolute atomic E-state index is 0.0373. The van der Waals surface area contributed by atoms with Gasteiger partial charge in [0.25, 0.3) is 0 Å². The van der Waals surface area contributed by atoms with Gasteiger partial charge in [0, 0.05) is 0 Å². The van der Waals surface area contributed by atoms with E-state index in [1.54, 1.807) is 19.1 Å². The van der Waals surface area contributed by atoms with E-state index < -0.39 is 11.6 Å². The van der Waals surface area contributed by atoms with Crippen molar-refractivity contribution < 1.29 is 13.5 Å². The van der Waals surface area contributed by atoms with Crippen molar-refractivity contribution in [1.82, 2.24) is 0 Å². The standard InChI is InChI=1S/C25H38F2O/c1-3-7-18-8-5-9-19(13-12-18)20-10-6-11-21(15-14-20)22-16-17-23(28-4-2)25(27)24(22)26/h16-21H,3-15H2,1-2H3. The molecule has 1 aromatic rings. The van der Waals surface area contributed by atoms with Crippen LogP contribution in [0.4, 0.5) is 8.78 Å². The number of ether oxygens (including phenoxy) is 1. The SMILES string of the molecule is CCCC1CCCC(C2CCCC(c3ccc(OCC)c(F)c3F)CC2)CC1. The molecular weight excluding hydrogens is 354 g/mol. The number of halogens is 2. The van der Waals surface area contributed by atoms with Gasteiger partial charge in [0.05, 0.1) is 6.61 Å². The van der Waals surface area contributed by atoms with E-state index in [0.717, 1.165) is 37.0 Å². The fourth-order valence-corrected chi connectivity index (χ4v) is 5.82. The van der Waals surface area contributed by atoms with Crippen molar-refractivity contribution in [2.75, 3.05) is 6.61 Å². The maximum Gasteiger partial charge on any atom is 0.200 e. The van der Waals surface area contributed by atoms with Gasteiger partial charge in [-0.2, -0.15) is 4.39 Å². The number of hydrogen-bond donors (Lipinski definition) is 0. The van der Waals surface area contributed by atoms with Crippen LogP contribution in [0.5, 0.6) is 5.75 Å². The van der Waals surface area contributed by atoms with E-state index in [4.69, 9.17) is 4.74 Å². The molecule has 0 bridgehead atoms. The molecule has 0 heterocycles. The zero-order chi connectivity index (χ0) is 19.9. The monoisotopic (exact) mass is 392 g/mol. The van der Waals surface area contributed by atoms with Crippen molar-refractivity contribution in [3.05, 3.63) is 29.3 Å². The van der Waals surface area contributed by atoms with Gasteiger partial charge < -0.3 is 4.74 Å². The summed E-state index contributed by atoms with van der Waals surface area (Å²) in [4.78, 5) is 0. The fraction of sp³-hybridized carbons (Fsp3) is 0.760. The van der Waals surface area contributed by atoms with Crippen molar-refractivity contribution in [3.8, 4) is 5.75 Å². The Morgan fingerprint density at radius 3 is 2.25 bits per heavy atom. The van der Waals surface area contributed by atoms with Crippen molar-refractivity contribution in [3.63, 3.8) is 0 Å². The first kappa shape index (κ1) is 21.6. The molecular formula is C25H38F2O. The van der Waals surface area contributed by atoms with Crippen LogP contribution in [0.3, 0.4) is 0 Å². The maximum atomic E-state index is 14.7. The highest BCUT2D eigenvalue weighted by atomic mass is 19.2. The van der Waals surface area contributed by atoms with E-state index >= 15 is 0 Å². The molecule has 4 unspecified atom stereocenters. The number of benzene rings is 1. The highest BCUT2D eigenvalue weighted by molar-refractivity contribution is 5.33. The normalized spacial score (nSPS) is 29.1. The van der Waals surface area contributed by atoms with Crippen molar-refractivity contribution in [2.24, 2.45) is 17.8 Å². The zero-order valence-corrected chi connectivity index (χ0v) is 17.8. The number of hydrogen-bond acceptors (Lipinski definition) is 1. The van der Waals surface area contributed by atoms with Gasteiger partial charge in [-0.25, -0.2) is 4.39 Å². The first-order valence-corrected chi connectivity index (χ1v) is 11.7. The van der Waals surface area contributed by atoms with Gasteiger partial charge in [0.15, 0.2) is 11.6 Å². The summed E-state index contributed by atoms with van der Waals surface area (Å²) < 4.78 is 34.2. The second-order valence-corrected chi connectivity index (χ2v) is 9.10. The van der Waals surface area contributed by atoms with Crippen LogP contribution < -0.4 is 4.74 Å². The Kier molecular flexibility index (Phi) is 8.17. The summed E-state index contributed by atoms with van der Waals surface area (Å²) in [6.07, 6.45) is 15.2. The molecule has 158 valence electrons. The molecule has 0 aliphatic heterocycles. The Hall–Kier alpha value is -1.12. The highest BCUT2D eigenvalue weighted by Crippen LogP contribution is 2.43. The molecule has 0 spiro atoms. The second-order valence-electron chi connectivity index (χ2n) is 9.10. The van der Waals surface area contributed by atoms with E-state index in [-0.39, 0.29) is 11.7 Å². The quantitative estimate of drug-likeness (QED) is 0.445. The summed E-state index contributed by atoms with van der Waals surface area (Å²) in [5.74, 6) is 1.25.